The first-order chi connectivity index (χ1) is 12.5. The summed E-state index contributed by atoms with van der Waals surface area (Å²) in [4.78, 5) is 30.1. The number of hydrogen-bond acceptors (Lipinski definition) is 6. The second-order valence-electron chi connectivity index (χ2n) is 5.65. The predicted molar refractivity (Wildman–Crippen MR) is 103 cm³/mol. The molecule has 26 heavy (non-hydrogen) atoms. The normalized spacial score (nSPS) is 11.8. The van der Waals surface area contributed by atoms with E-state index in [4.69, 9.17) is 4.74 Å². The Morgan fingerprint density at radius 1 is 1.15 bits per heavy atom. The smallest absolute Gasteiger partial charge is 0.350 e. The SMILES string of the molecule is Cc1nc(C)c(C(=O)OCC(=O)N[C@H](c2ccccc2)c2cccs2)s1. The van der Waals surface area contributed by atoms with E-state index in [0.717, 1.165) is 15.4 Å². The van der Waals surface area contributed by atoms with Gasteiger partial charge in [-0.25, -0.2) is 9.78 Å². The van der Waals surface area contributed by atoms with Crippen LogP contribution in [0.4, 0.5) is 0 Å². The summed E-state index contributed by atoms with van der Waals surface area (Å²) in [7, 11) is 0. The van der Waals surface area contributed by atoms with Crippen LogP contribution in [0.1, 0.15) is 36.9 Å². The molecule has 0 saturated heterocycles. The molecule has 1 N–H and O–H groups in total. The molecule has 134 valence electrons. The summed E-state index contributed by atoms with van der Waals surface area (Å²) < 4.78 is 5.16. The molecule has 1 atom stereocenters. The Kier molecular flexibility index (Phi) is 5.80. The number of benzene rings is 1. The number of nitrogens with zero attached hydrogens (tertiary/aromatic N) is 1. The van der Waals surface area contributed by atoms with Crippen LogP contribution in [0.15, 0.2) is 47.8 Å². The van der Waals surface area contributed by atoms with Crippen molar-refractivity contribution in [3.63, 3.8) is 0 Å². The maximum absolute atomic E-state index is 12.4. The van der Waals surface area contributed by atoms with Gasteiger partial charge in [0.05, 0.1) is 16.7 Å². The Balaban J connectivity index is 1.65. The molecule has 1 aromatic carbocycles. The molecule has 0 radical (unpaired) electrons. The first-order valence-electron chi connectivity index (χ1n) is 8.03. The molecule has 0 aliphatic rings. The number of hydrogen-bond donors (Lipinski definition) is 1. The van der Waals surface area contributed by atoms with Crippen molar-refractivity contribution in [1.82, 2.24) is 10.3 Å². The van der Waals surface area contributed by atoms with Crippen LogP contribution in [0.3, 0.4) is 0 Å². The topological polar surface area (TPSA) is 68.3 Å². The molecule has 0 unspecified atom stereocenters. The Morgan fingerprint density at radius 2 is 1.92 bits per heavy atom. The van der Waals surface area contributed by atoms with E-state index >= 15 is 0 Å². The van der Waals surface area contributed by atoms with Crippen LogP contribution in [0.5, 0.6) is 0 Å². The third-order valence-corrected chi connectivity index (χ3v) is 5.68. The lowest BCUT2D eigenvalue weighted by Crippen LogP contribution is -2.32. The lowest BCUT2D eigenvalue weighted by atomic mass is 10.1. The average Bonchev–Trinajstić information content (AvgIpc) is 3.28. The zero-order valence-electron chi connectivity index (χ0n) is 14.4. The fourth-order valence-corrected chi connectivity index (χ4v) is 4.16. The molecular formula is C19H18N2O3S2. The molecular weight excluding hydrogens is 368 g/mol. The minimum absolute atomic E-state index is 0.269. The number of amides is 1. The molecule has 0 saturated carbocycles. The van der Waals surface area contributed by atoms with Crippen molar-refractivity contribution in [2.45, 2.75) is 19.9 Å². The van der Waals surface area contributed by atoms with Crippen molar-refractivity contribution >= 4 is 34.6 Å². The van der Waals surface area contributed by atoms with Gasteiger partial charge in [-0.2, -0.15) is 0 Å². The molecule has 2 aromatic heterocycles. The maximum Gasteiger partial charge on any atom is 0.350 e. The molecule has 0 aliphatic heterocycles. The minimum atomic E-state index is -0.518. The van der Waals surface area contributed by atoms with Crippen molar-refractivity contribution in [3.05, 3.63) is 73.9 Å². The van der Waals surface area contributed by atoms with Crippen LogP contribution in [0, 0.1) is 13.8 Å². The quantitative estimate of drug-likeness (QED) is 0.653. The Bertz CT molecular complexity index is 889. The number of esters is 1. The Labute approximate surface area is 159 Å². The lowest BCUT2D eigenvalue weighted by Gasteiger charge is -2.18. The average molecular weight is 386 g/mol. The van der Waals surface area contributed by atoms with Gasteiger partial charge in [-0.15, -0.1) is 22.7 Å². The number of carbonyl (C=O) groups is 2. The van der Waals surface area contributed by atoms with Crippen LogP contribution in [0.2, 0.25) is 0 Å². The van der Waals surface area contributed by atoms with Crippen LogP contribution >= 0.6 is 22.7 Å². The van der Waals surface area contributed by atoms with E-state index in [1.54, 1.807) is 18.3 Å². The minimum Gasteiger partial charge on any atom is -0.451 e. The zero-order valence-corrected chi connectivity index (χ0v) is 16.0. The van der Waals surface area contributed by atoms with Gasteiger partial charge in [-0.1, -0.05) is 36.4 Å². The van der Waals surface area contributed by atoms with Crippen LogP contribution in [-0.2, 0) is 9.53 Å². The van der Waals surface area contributed by atoms with Gasteiger partial charge in [0.25, 0.3) is 5.91 Å². The molecule has 2 heterocycles. The lowest BCUT2D eigenvalue weighted by molar-refractivity contribution is -0.124. The van der Waals surface area contributed by atoms with Crippen LogP contribution in [0.25, 0.3) is 0 Å². The van der Waals surface area contributed by atoms with Gasteiger partial charge in [0.15, 0.2) is 6.61 Å². The Morgan fingerprint density at radius 3 is 2.54 bits per heavy atom. The molecule has 0 fully saturated rings. The summed E-state index contributed by atoms with van der Waals surface area (Å²) in [6.45, 7) is 3.25. The number of nitrogens with one attached hydrogen (secondary N) is 1. The van der Waals surface area contributed by atoms with Gasteiger partial charge in [-0.05, 0) is 30.9 Å². The molecule has 0 aliphatic carbocycles. The summed E-state index contributed by atoms with van der Waals surface area (Å²) in [6, 6.07) is 13.3. The second kappa shape index (κ2) is 8.25. The van der Waals surface area contributed by atoms with E-state index in [2.05, 4.69) is 10.3 Å². The molecule has 3 rings (SSSR count). The largest absolute Gasteiger partial charge is 0.451 e. The molecule has 7 heteroatoms. The van der Waals surface area contributed by atoms with E-state index in [1.807, 2.05) is 54.8 Å². The van der Waals surface area contributed by atoms with Gasteiger partial charge >= 0.3 is 5.97 Å². The maximum atomic E-state index is 12.4. The summed E-state index contributed by atoms with van der Waals surface area (Å²) >= 11 is 2.83. The fraction of sp³-hybridized carbons (Fsp3) is 0.211. The van der Waals surface area contributed by atoms with Crippen molar-refractivity contribution in [2.24, 2.45) is 0 Å². The number of ether oxygens (including phenoxy) is 1. The molecule has 5 nitrogen and oxygen atoms in total. The molecule has 1 amide bonds. The van der Waals surface area contributed by atoms with E-state index in [1.165, 1.54) is 11.3 Å². The third kappa shape index (κ3) is 4.36. The van der Waals surface area contributed by atoms with Crippen molar-refractivity contribution in [1.29, 1.82) is 0 Å². The number of aromatic nitrogens is 1. The highest BCUT2D eigenvalue weighted by molar-refractivity contribution is 7.13. The zero-order chi connectivity index (χ0) is 18.5. The monoisotopic (exact) mass is 386 g/mol. The highest BCUT2D eigenvalue weighted by Crippen LogP contribution is 2.26. The van der Waals surface area contributed by atoms with Gasteiger partial charge < -0.3 is 10.1 Å². The van der Waals surface area contributed by atoms with E-state index < -0.39 is 5.97 Å². The highest BCUT2D eigenvalue weighted by Gasteiger charge is 2.20. The summed E-state index contributed by atoms with van der Waals surface area (Å²) in [5, 5.41) is 5.70. The summed E-state index contributed by atoms with van der Waals surface area (Å²) in [5.74, 6) is -0.866. The summed E-state index contributed by atoms with van der Waals surface area (Å²) in [5.41, 5.74) is 1.60. The van der Waals surface area contributed by atoms with Crippen molar-refractivity contribution in [3.8, 4) is 0 Å². The molecule has 0 bridgehead atoms. The van der Waals surface area contributed by atoms with Crippen molar-refractivity contribution < 1.29 is 14.3 Å². The Hall–Kier alpha value is -2.51. The predicted octanol–water partition coefficient (Wildman–Crippen LogP) is 3.88. The summed E-state index contributed by atoms with van der Waals surface area (Å²) in [6.07, 6.45) is 0. The molecule has 3 aromatic rings. The number of aryl methyl sites for hydroxylation is 2. The van der Waals surface area contributed by atoms with E-state index in [-0.39, 0.29) is 18.6 Å². The first-order valence-corrected chi connectivity index (χ1v) is 9.73. The number of thiazole rings is 1. The van der Waals surface area contributed by atoms with Gasteiger partial charge in [-0.3, -0.25) is 4.79 Å². The first kappa shape index (κ1) is 18.3. The number of rotatable bonds is 6. The molecule has 0 spiro atoms. The number of carbonyl (C=O) groups excluding carboxylic acids is 2. The van der Waals surface area contributed by atoms with Crippen LogP contribution in [-0.4, -0.2) is 23.5 Å². The van der Waals surface area contributed by atoms with Gasteiger partial charge in [0.1, 0.15) is 4.88 Å². The second-order valence-corrected chi connectivity index (χ2v) is 7.83. The third-order valence-electron chi connectivity index (χ3n) is 3.69. The van der Waals surface area contributed by atoms with Gasteiger partial charge in [0.2, 0.25) is 0 Å². The van der Waals surface area contributed by atoms with E-state index in [0.29, 0.717) is 10.6 Å². The van der Waals surface area contributed by atoms with Crippen molar-refractivity contribution in [2.75, 3.05) is 6.61 Å². The highest BCUT2D eigenvalue weighted by atomic mass is 32.1. The van der Waals surface area contributed by atoms with Gasteiger partial charge in [0, 0.05) is 4.88 Å². The van der Waals surface area contributed by atoms with E-state index in [9.17, 15) is 9.59 Å². The van der Waals surface area contributed by atoms with Crippen LogP contribution < -0.4 is 5.32 Å². The fourth-order valence-electron chi connectivity index (χ4n) is 2.54. The standard InChI is InChI=1S/C19H18N2O3S2/c1-12-18(26-13(2)20-12)19(23)24-11-16(22)21-17(15-9-6-10-25-15)14-7-4-3-5-8-14/h3-10,17H,11H2,1-2H3,(H,21,22)/t17-/m1/s1. The number of thiophene rings is 1.